The van der Waals surface area contributed by atoms with Gasteiger partial charge >= 0.3 is 6.09 Å². The highest BCUT2D eigenvalue weighted by atomic mass is 19.1. The Morgan fingerprint density at radius 3 is 2.48 bits per heavy atom. The molecule has 1 fully saturated rings. The number of aromatic nitrogens is 2. The smallest absolute Gasteiger partial charge is 0.411 e. The number of ether oxygens (including phenoxy) is 1. The molecule has 1 aliphatic heterocycles. The molecule has 3 aromatic rings. The highest BCUT2D eigenvalue weighted by Gasteiger charge is 2.42. The number of cyclic esters (lactones) is 1. The number of aryl methyl sites for hydroxylation is 1. The second kappa shape index (κ2) is 8.34. The molecule has 1 aromatic heterocycles. The normalized spacial score (nSPS) is 19.7. The van der Waals surface area contributed by atoms with Crippen LogP contribution in [0.25, 0.3) is 11.5 Å². The predicted octanol–water partition coefficient (Wildman–Crippen LogP) is 5.56. The van der Waals surface area contributed by atoms with Gasteiger partial charge in [-0.25, -0.2) is 9.18 Å². The zero-order valence-electron chi connectivity index (χ0n) is 17.5. The Morgan fingerprint density at radius 1 is 1.19 bits per heavy atom. The van der Waals surface area contributed by atoms with E-state index in [4.69, 9.17) is 9.15 Å². The number of carbonyl (C=O) groups is 1. The molecule has 0 bridgehead atoms. The van der Waals surface area contributed by atoms with Crippen LogP contribution in [0.15, 0.2) is 65.6 Å². The van der Waals surface area contributed by atoms with Gasteiger partial charge in [-0.05, 0) is 42.3 Å². The van der Waals surface area contributed by atoms with Crippen molar-refractivity contribution in [2.24, 2.45) is 0 Å². The Balaban J connectivity index is 1.51. The number of halogens is 1. The minimum absolute atomic E-state index is 0.180. The van der Waals surface area contributed by atoms with E-state index in [1.807, 2.05) is 31.2 Å². The summed E-state index contributed by atoms with van der Waals surface area (Å²) in [4.78, 5) is 14.7. The minimum Gasteiger partial charge on any atom is -0.437 e. The van der Waals surface area contributed by atoms with Crippen LogP contribution in [0.2, 0.25) is 0 Å². The first kappa shape index (κ1) is 20.8. The summed E-state index contributed by atoms with van der Waals surface area (Å²) in [6.07, 6.45) is 2.38. The summed E-state index contributed by atoms with van der Waals surface area (Å²) in [5.74, 6) is 0.643. The molecule has 6 nitrogen and oxygen atoms in total. The predicted molar refractivity (Wildman–Crippen MR) is 114 cm³/mol. The van der Waals surface area contributed by atoms with Crippen molar-refractivity contribution in [1.82, 2.24) is 15.1 Å². The molecule has 0 saturated carbocycles. The van der Waals surface area contributed by atoms with E-state index < -0.39 is 11.7 Å². The SMILES string of the molecule is C=CCC1(c2ccc(F)cc2)CCN([C@@H](C)c2ccc(-c3nnc(C)o3)cc2)C(=O)O1. The summed E-state index contributed by atoms with van der Waals surface area (Å²) in [7, 11) is 0. The number of benzene rings is 2. The van der Waals surface area contributed by atoms with E-state index in [2.05, 4.69) is 16.8 Å². The summed E-state index contributed by atoms with van der Waals surface area (Å²) in [6, 6.07) is 13.6. The molecular weight excluding hydrogens is 397 g/mol. The van der Waals surface area contributed by atoms with Crippen LogP contribution in [-0.4, -0.2) is 27.7 Å². The van der Waals surface area contributed by atoms with Crippen molar-refractivity contribution in [1.29, 1.82) is 0 Å². The average Bonchev–Trinajstić information content (AvgIpc) is 3.20. The summed E-state index contributed by atoms with van der Waals surface area (Å²) >= 11 is 0. The van der Waals surface area contributed by atoms with Crippen molar-refractivity contribution in [3.63, 3.8) is 0 Å². The highest BCUT2D eigenvalue weighted by Crippen LogP contribution is 2.40. The third-order valence-electron chi connectivity index (χ3n) is 5.75. The van der Waals surface area contributed by atoms with Crippen molar-refractivity contribution in [3.05, 3.63) is 84.0 Å². The van der Waals surface area contributed by atoms with Crippen molar-refractivity contribution in [2.45, 2.75) is 38.3 Å². The third-order valence-corrected chi connectivity index (χ3v) is 5.75. The van der Waals surface area contributed by atoms with E-state index in [1.54, 1.807) is 30.0 Å². The van der Waals surface area contributed by atoms with Crippen molar-refractivity contribution in [2.75, 3.05) is 6.54 Å². The van der Waals surface area contributed by atoms with Gasteiger partial charge in [-0.3, -0.25) is 0 Å². The van der Waals surface area contributed by atoms with Crippen LogP contribution in [0.4, 0.5) is 9.18 Å². The van der Waals surface area contributed by atoms with Gasteiger partial charge < -0.3 is 14.1 Å². The van der Waals surface area contributed by atoms with Gasteiger partial charge in [0.05, 0.1) is 6.04 Å². The molecule has 1 aliphatic rings. The van der Waals surface area contributed by atoms with Crippen LogP contribution in [0.5, 0.6) is 0 Å². The standard InChI is InChI=1S/C24H24FN3O3/c1-4-13-24(20-9-11-21(25)12-10-20)14-15-28(23(29)31-24)16(2)18-5-7-19(8-6-18)22-27-26-17(3)30-22/h4-12,16H,1,13-15H2,2-3H3/t16-,24?/m0/s1. The molecule has 2 heterocycles. The van der Waals surface area contributed by atoms with Crippen molar-refractivity contribution < 1.29 is 18.3 Å². The molecule has 0 radical (unpaired) electrons. The maximum absolute atomic E-state index is 13.4. The number of hydrogen-bond acceptors (Lipinski definition) is 5. The lowest BCUT2D eigenvalue weighted by molar-refractivity contribution is -0.0588. The second-order valence-corrected chi connectivity index (χ2v) is 7.73. The van der Waals surface area contributed by atoms with E-state index in [-0.39, 0.29) is 11.9 Å². The molecule has 0 N–H and O–H groups in total. The van der Waals surface area contributed by atoms with Gasteiger partial charge in [0, 0.05) is 31.9 Å². The first-order valence-corrected chi connectivity index (χ1v) is 10.2. The van der Waals surface area contributed by atoms with Gasteiger partial charge in [-0.2, -0.15) is 0 Å². The third kappa shape index (κ3) is 4.08. The Labute approximate surface area is 180 Å². The maximum Gasteiger partial charge on any atom is 0.411 e. The summed E-state index contributed by atoms with van der Waals surface area (Å²) in [5.41, 5.74) is 1.73. The molecule has 1 saturated heterocycles. The first-order valence-electron chi connectivity index (χ1n) is 10.2. The molecule has 160 valence electrons. The van der Waals surface area contributed by atoms with E-state index in [0.29, 0.717) is 31.2 Å². The zero-order valence-corrected chi connectivity index (χ0v) is 17.5. The number of hydrogen-bond donors (Lipinski definition) is 0. The fourth-order valence-corrected chi connectivity index (χ4v) is 3.97. The lowest BCUT2D eigenvalue weighted by Crippen LogP contribution is -2.48. The number of amides is 1. The molecule has 4 rings (SSSR count). The van der Waals surface area contributed by atoms with Gasteiger partial charge in [0.25, 0.3) is 0 Å². The fourth-order valence-electron chi connectivity index (χ4n) is 3.97. The first-order chi connectivity index (χ1) is 14.9. The van der Waals surface area contributed by atoms with Gasteiger partial charge in [0.2, 0.25) is 11.8 Å². The number of rotatable bonds is 6. The van der Waals surface area contributed by atoms with E-state index in [0.717, 1.165) is 16.7 Å². The van der Waals surface area contributed by atoms with E-state index in [1.165, 1.54) is 12.1 Å². The largest absolute Gasteiger partial charge is 0.437 e. The molecule has 2 aromatic carbocycles. The molecule has 7 heteroatoms. The van der Waals surface area contributed by atoms with Crippen LogP contribution < -0.4 is 0 Å². The number of carbonyl (C=O) groups excluding carboxylic acids is 1. The molecule has 31 heavy (non-hydrogen) atoms. The Bertz CT molecular complexity index is 1080. The summed E-state index contributed by atoms with van der Waals surface area (Å²) in [5, 5.41) is 7.88. The van der Waals surface area contributed by atoms with E-state index in [9.17, 15) is 9.18 Å². The fraction of sp³-hybridized carbons (Fsp3) is 0.292. The topological polar surface area (TPSA) is 68.5 Å². The maximum atomic E-state index is 13.4. The van der Waals surface area contributed by atoms with Crippen LogP contribution >= 0.6 is 0 Å². The van der Waals surface area contributed by atoms with Crippen LogP contribution in [0.1, 0.15) is 42.8 Å². The van der Waals surface area contributed by atoms with Crippen LogP contribution in [-0.2, 0) is 10.3 Å². The van der Waals surface area contributed by atoms with Gasteiger partial charge in [0.1, 0.15) is 11.4 Å². The average molecular weight is 421 g/mol. The lowest BCUT2D eigenvalue weighted by Gasteiger charge is -2.43. The Kier molecular flexibility index (Phi) is 5.59. The lowest BCUT2D eigenvalue weighted by atomic mass is 9.85. The van der Waals surface area contributed by atoms with Gasteiger partial charge in [0.15, 0.2) is 0 Å². The zero-order chi connectivity index (χ0) is 22.0. The van der Waals surface area contributed by atoms with Crippen LogP contribution in [0.3, 0.4) is 0 Å². The number of nitrogens with zero attached hydrogens (tertiary/aromatic N) is 3. The Hall–Kier alpha value is -3.48. The highest BCUT2D eigenvalue weighted by molar-refractivity contribution is 5.70. The molecule has 1 amide bonds. The van der Waals surface area contributed by atoms with Crippen molar-refractivity contribution in [3.8, 4) is 11.5 Å². The monoisotopic (exact) mass is 421 g/mol. The molecule has 2 atom stereocenters. The molecule has 0 spiro atoms. The summed E-state index contributed by atoms with van der Waals surface area (Å²) in [6.45, 7) is 8.02. The minimum atomic E-state index is -0.831. The summed E-state index contributed by atoms with van der Waals surface area (Å²) < 4.78 is 24.8. The molecule has 1 unspecified atom stereocenters. The van der Waals surface area contributed by atoms with Gasteiger partial charge in [-0.1, -0.05) is 30.3 Å². The van der Waals surface area contributed by atoms with E-state index >= 15 is 0 Å². The van der Waals surface area contributed by atoms with Gasteiger partial charge in [-0.15, -0.1) is 16.8 Å². The molecule has 0 aliphatic carbocycles. The quantitative estimate of drug-likeness (QED) is 0.488. The van der Waals surface area contributed by atoms with Crippen LogP contribution in [0, 0.1) is 12.7 Å². The second-order valence-electron chi connectivity index (χ2n) is 7.73. The molecular formula is C24H24FN3O3. The Morgan fingerprint density at radius 2 is 1.90 bits per heavy atom. The van der Waals surface area contributed by atoms with Crippen molar-refractivity contribution >= 4 is 6.09 Å².